The summed E-state index contributed by atoms with van der Waals surface area (Å²) in [5.74, 6) is 1.50. The largest absolute Gasteiger partial charge is 0.490 e. The van der Waals surface area contributed by atoms with Gasteiger partial charge in [0.25, 0.3) is 0 Å². The number of nitrogens with zero attached hydrogens (tertiary/aromatic N) is 2. The Labute approximate surface area is 94.8 Å². The number of anilines is 1. The first kappa shape index (κ1) is 12.1. The molecule has 5 heteroatoms. The van der Waals surface area contributed by atoms with Crippen molar-refractivity contribution in [2.45, 2.75) is 31.0 Å². The third-order valence-corrected chi connectivity index (χ3v) is 2.65. The summed E-state index contributed by atoms with van der Waals surface area (Å²) in [5, 5.41) is 4.51. The maximum atomic E-state index is 5.32. The van der Waals surface area contributed by atoms with E-state index in [1.807, 2.05) is 6.92 Å². The van der Waals surface area contributed by atoms with Crippen molar-refractivity contribution in [3.63, 3.8) is 0 Å². The van der Waals surface area contributed by atoms with Gasteiger partial charge in [-0.3, -0.25) is 0 Å². The van der Waals surface area contributed by atoms with Crippen molar-refractivity contribution in [3.05, 3.63) is 6.33 Å². The van der Waals surface area contributed by atoms with Gasteiger partial charge in [0.1, 0.15) is 11.4 Å². The molecule has 0 atom stereocenters. The van der Waals surface area contributed by atoms with Crippen molar-refractivity contribution >= 4 is 17.6 Å². The fourth-order valence-electron chi connectivity index (χ4n) is 1.14. The Kier molecular flexibility index (Phi) is 4.68. The molecule has 0 radical (unpaired) electrons. The topological polar surface area (TPSA) is 47.0 Å². The van der Waals surface area contributed by atoms with Crippen LogP contribution in [0.5, 0.6) is 5.75 Å². The second-order valence-electron chi connectivity index (χ2n) is 3.26. The van der Waals surface area contributed by atoms with E-state index < -0.39 is 0 Å². The molecule has 1 heterocycles. The summed E-state index contributed by atoms with van der Waals surface area (Å²) in [6.07, 6.45) is 1.56. The average Bonchev–Trinajstić information content (AvgIpc) is 2.18. The molecule has 84 valence electrons. The van der Waals surface area contributed by atoms with Gasteiger partial charge in [-0.25, -0.2) is 9.97 Å². The van der Waals surface area contributed by atoms with Gasteiger partial charge >= 0.3 is 0 Å². The summed E-state index contributed by atoms with van der Waals surface area (Å²) in [7, 11) is 1.64. The SMILES string of the molecule is CCNc1ncnc(SC(C)C)c1OC. The van der Waals surface area contributed by atoms with E-state index in [4.69, 9.17) is 4.74 Å². The highest BCUT2D eigenvalue weighted by molar-refractivity contribution is 7.99. The lowest BCUT2D eigenvalue weighted by Crippen LogP contribution is -2.04. The van der Waals surface area contributed by atoms with Crippen molar-refractivity contribution in [2.75, 3.05) is 19.0 Å². The number of ether oxygens (including phenoxy) is 1. The van der Waals surface area contributed by atoms with Gasteiger partial charge in [0, 0.05) is 11.8 Å². The first-order valence-electron chi connectivity index (χ1n) is 4.98. The molecule has 1 rings (SSSR count). The molecule has 0 spiro atoms. The third kappa shape index (κ3) is 3.27. The van der Waals surface area contributed by atoms with Gasteiger partial charge in [0.05, 0.1) is 7.11 Å². The predicted octanol–water partition coefficient (Wildman–Crippen LogP) is 2.42. The van der Waals surface area contributed by atoms with Crippen LogP contribution in [0.25, 0.3) is 0 Å². The molecule has 0 fully saturated rings. The maximum Gasteiger partial charge on any atom is 0.193 e. The highest BCUT2D eigenvalue weighted by Gasteiger charge is 2.12. The lowest BCUT2D eigenvalue weighted by atomic mass is 10.5. The van der Waals surface area contributed by atoms with Crippen molar-refractivity contribution < 1.29 is 4.74 Å². The predicted molar refractivity (Wildman–Crippen MR) is 63.7 cm³/mol. The number of aromatic nitrogens is 2. The van der Waals surface area contributed by atoms with Crippen LogP contribution < -0.4 is 10.1 Å². The van der Waals surface area contributed by atoms with Crippen LogP contribution in [0.4, 0.5) is 5.82 Å². The standard InChI is InChI=1S/C10H17N3OS/c1-5-11-9-8(14-4)10(13-6-12-9)15-7(2)3/h6-7H,5H2,1-4H3,(H,11,12,13). The van der Waals surface area contributed by atoms with E-state index in [-0.39, 0.29) is 0 Å². The molecule has 0 amide bonds. The van der Waals surface area contributed by atoms with Gasteiger partial charge in [0.15, 0.2) is 11.6 Å². The Balaban J connectivity index is 2.98. The highest BCUT2D eigenvalue weighted by Crippen LogP contribution is 2.34. The minimum absolute atomic E-state index is 0.475. The molecule has 0 unspecified atom stereocenters. The van der Waals surface area contributed by atoms with Crippen molar-refractivity contribution in [2.24, 2.45) is 0 Å². The van der Waals surface area contributed by atoms with Crippen LogP contribution in [-0.4, -0.2) is 28.9 Å². The van der Waals surface area contributed by atoms with Crippen LogP contribution in [0.15, 0.2) is 11.4 Å². The van der Waals surface area contributed by atoms with Gasteiger partial charge in [-0.15, -0.1) is 0 Å². The lowest BCUT2D eigenvalue weighted by molar-refractivity contribution is 0.400. The highest BCUT2D eigenvalue weighted by atomic mass is 32.2. The molecule has 15 heavy (non-hydrogen) atoms. The Morgan fingerprint density at radius 1 is 1.47 bits per heavy atom. The molecular formula is C10H17N3OS. The first-order chi connectivity index (χ1) is 7.19. The molecule has 0 aliphatic carbocycles. The molecule has 1 aromatic heterocycles. The smallest absolute Gasteiger partial charge is 0.193 e. The summed E-state index contributed by atoms with van der Waals surface area (Å²) < 4.78 is 5.32. The van der Waals surface area contributed by atoms with E-state index in [1.54, 1.807) is 25.2 Å². The zero-order chi connectivity index (χ0) is 11.3. The summed E-state index contributed by atoms with van der Waals surface area (Å²) in [5.41, 5.74) is 0. The van der Waals surface area contributed by atoms with Gasteiger partial charge in [-0.1, -0.05) is 25.6 Å². The van der Waals surface area contributed by atoms with E-state index in [2.05, 4.69) is 29.1 Å². The first-order valence-corrected chi connectivity index (χ1v) is 5.86. The molecule has 0 aliphatic heterocycles. The fourth-order valence-corrected chi connectivity index (χ4v) is 1.98. The van der Waals surface area contributed by atoms with Gasteiger partial charge in [-0.2, -0.15) is 0 Å². The minimum Gasteiger partial charge on any atom is -0.490 e. The van der Waals surface area contributed by atoms with Crippen molar-refractivity contribution in [1.82, 2.24) is 9.97 Å². The van der Waals surface area contributed by atoms with Crippen LogP contribution in [0, 0.1) is 0 Å². The zero-order valence-corrected chi connectivity index (χ0v) is 10.4. The van der Waals surface area contributed by atoms with Crippen LogP contribution in [0.1, 0.15) is 20.8 Å². The summed E-state index contributed by atoms with van der Waals surface area (Å²) in [4.78, 5) is 8.37. The number of thioether (sulfide) groups is 1. The van der Waals surface area contributed by atoms with Crippen LogP contribution in [0.2, 0.25) is 0 Å². The summed E-state index contributed by atoms with van der Waals surface area (Å²) >= 11 is 1.67. The average molecular weight is 227 g/mol. The molecule has 0 saturated heterocycles. The molecule has 1 aromatic rings. The monoisotopic (exact) mass is 227 g/mol. The molecule has 0 saturated carbocycles. The van der Waals surface area contributed by atoms with Gasteiger partial charge in [-0.05, 0) is 6.92 Å². The molecule has 0 aromatic carbocycles. The second-order valence-corrected chi connectivity index (χ2v) is 4.82. The molecule has 4 nitrogen and oxygen atoms in total. The molecule has 0 bridgehead atoms. The van der Waals surface area contributed by atoms with Crippen LogP contribution in [-0.2, 0) is 0 Å². The molecular weight excluding hydrogens is 210 g/mol. The molecule has 1 N–H and O–H groups in total. The fraction of sp³-hybridized carbons (Fsp3) is 0.600. The number of hydrogen-bond acceptors (Lipinski definition) is 5. The quantitative estimate of drug-likeness (QED) is 0.618. The molecule has 0 aliphatic rings. The van der Waals surface area contributed by atoms with Crippen molar-refractivity contribution in [1.29, 1.82) is 0 Å². The Bertz CT molecular complexity index is 318. The number of hydrogen-bond donors (Lipinski definition) is 1. The Hall–Kier alpha value is -0.970. The number of rotatable bonds is 5. The Morgan fingerprint density at radius 2 is 2.20 bits per heavy atom. The number of methoxy groups -OCH3 is 1. The summed E-state index contributed by atoms with van der Waals surface area (Å²) in [6, 6.07) is 0. The van der Waals surface area contributed by atoms with Gasteiger partial charge in [0.2, 0.25) is 0 Å². The third-order valence-electron chi connectivity index (χ3n) is 1.67. The van der Waals surface area contributed by atoms with E-state index in [1.165, 1.54) is 0 Å². The van der Waals surface area contributed by atoms with Gasteiger partial charge < -0.3 is 10.1 Å². The van der Waals surface area contributed by atoms with E-state index >= 15 is 0 Å². The minimum atomic E-state index is 0.475. The normalized spacial score (nSPS) is 10.5. The van der Waals surface area contributed by atoms with Crippen LogP contribution in [0.3, 0.4) is 0 Å². The van der Waals surface area contributed by atoms with E-state index in [0.717, 1.165) is 23.1 Å². The Morgan fingerprint density at radius 3 is 2.73 bits per heavy atom. The maximum absolute atomic E-state index is 5.32. The second kappa shape index (κ2) is 5.80. The van der Waals surface area contributed by atoms with E-state index in [0.29, 0.717) is 5.25 Å². The van der Waals surface area contributed by atoms with Crippen LogP contribution >= 0.6 is 11.8 Å². The zero-order valence-electron chi connectivity index (χ0n) is 9.57. The van der Waals surface area contributed by atoms with Crippen molar-refractivity contribution in [3.8, 4) is 5.75 Å². The van der Waals surface area contributed by atoms with E-state index in [9.17, 15) is 0 Å². The number of nitrogens with one attached hydrogen (secondary N) is 1. The lowest BCUT2D eigenvalue weighted by Gasteiger charge is -2.12. The summed E-state index contributed by atoms with van der Waals surface area (Å²) in [6.45, 7) is 7.09.